The molecule has 1 unspecified atom stereocenters. The summed E-state index contributed by atoms with van der Waals surface area (Å²) in [6, 6.07) is 0. The monoisotopic (exact) mass is 398 g/mol. The average molecular weight is 398 g/mol. The molecule has 1 fully saturated rings. The fourth-order valence-electron chi connectivity index (χ4n) is 2.34. The smallest absolute Gasteiger partial charge is 0.330 e. The number of ether oxygens (including phenoxy) is 1. The molecule has 0 aliphatic carbocycles. The second-order valence-electron chi connectivity index (χ2n) is 5.67. The molecule has 1 aliphatic rings. The first kappa shape index (κ1) is 19.8. The Morgan fingerprint density at radius 3 is 2.44 bits per heavy atom. The zero-order valence-corrected chi connectivity index (χ0v) is 15.3. The SMILES string of the molecule is Cc1cn([C@H]2CC(OS(C)(=O)=O)[C@@H](COS(C)(=O)=O)O2)c(=O)[nH]c1=O. The summed E-state index contributed by atoms with van der Waals surface area (Å²) in [4.78, 5) is 25.5. The Morgan fingerprint density at radius 1 is 1.24 bits per heavy atom. The lowest BCUT2D eigenvalue weighted by molar-refractivity contribution is -0.0353. The third-order valence-electron chi connectivity index (χ3n) is 3.38. The van der Waals surface area contributed by atoms with Crippen molar-refractivity contribution in [2.75, 3.05) is 19.1 Å². The largest absolute Gasteiger partial charge is 0.349 e. The van der Waals surface area contributed by atoms with E-state index in [4.69, 9.17) is 8.92 Å². The molecule has 142 valence electrons. The van der Waals surface area contributed by atoms with Crippen molar-refractivity contribution in [3.8, 4) is 0 Å². The quantitative estimate of drug-likeness (QED) is 0.562. The third-order valence-corrected chi connectivity index (χ3v) is 4.54. The lowest BCUT2D eigenvalue weighted by Crippen LogP contribution is -2.33. The first-order valence-electron chi connectivity index (χ1n) is 7.06. The normalized spacial score (nSPS) is 24.5. The van der Waals surface area contributed by atoms with E-state index in [1.165, 1.54) is 13.1 Å². The highest BCUT2D eigenvalue weighted by molar-refractivity contribution is 7.86. The maximum atomic E-state index is 11.9. The molecule has 3 atom stereocenters. The Bertz CT molecular complexity index is 961. The molecule has 1 aromatic rings. The van der Waals surface area contributed by atoms with E-state index < -0.39 is 56.5 Å². The Balaban J connectivity index is 2.29. The summed E-state index contributed by atoms with van der Waals surface area (Å²) in [5, 5.41) is 0. The molecule has 1 N–H and O–H groups in total. The maximum Gasteiger partial charge on any atom is 0.330 e. The van der Waals surface area contributed by atoms with Crippen LogP contribution in [0.15, 0.2) is 15.8 Å². The number of aromatic nitrogens is 2. The molecule has 25 heavy (non-hydrogen) atoms. The van der Waals surface area contributed by atoms with Crippen LogP contribution in [0.4, 0.5) is 0 Å². The highest BCUT2D eigenvalue weighted by Crippen LogP contribution is 2.31. The molecule has 0 radical (unpaired) electrons. The third kappa shape index (κ3) is 5.47. The fraction of sp³-hybridized carbons (Fsp3) is 0.667. The minimum atomic E-state index is -3.86. The summed E-state index contributed by atoms with van der Waals surface area (Å²) in [5.74, 6) is 0. The van der Waals surface area contributed by atoms with Gasteiger partial charge in [-0.1, -0.05) is 0 Å². The Kier molecular flexibility index (Phi) is 5.53. The van der Waals surface area contributed by atoms with Gasteiger partial charge in [0.15, 0.2) is 0 Å². The molecule has 1 aromatic heterocycles. The number of aromatic amines is 1. The summed E-state index contributed by atoms with van der Waals surface area (Å²) in [6.45, 7) is 1.01. The standard InChI is InChI=1S/C12H18N2O9S2/c1-7-5-14(12(16)13-11(7)15)10-4-8(23-25(3,19)20)9(22-10)6-21-24(2,17)18/h5,8-10H,4,6H2,1-3H3,(H,13,15,16)/t8?,9-,10-/m1/s1. The van der Waals surface area contributed by atoms with Gasteiger partial charge in [0, 0.05) is 18.2 Å². The van der Waals surface area contributed by atoms with Crippen molar-refractivity contribution < 1.29 is 29.9 Å². The summed E-state index contributed by atoms with van der Waals surface area (Å²) in [6.07, 6.45) is -0.177. The van der Waals surface area contributed by atoms with Crippen LogP contribution in [0.3, 0.4) is 0 Å². The number of nitrogens with zero attached hydrogens (tertiary/aromatic N) is 1. The van der Waals surface area contributed by atoms with E-state index in [1.54, 1.807) is 0 Å². The number of nitrogens with one attached hydrogen (secondary N) is 1. The van der Waals surface area contributed by atoms with Crippen LogP contribution in [-0.4, -0.2) is 57.7 Å². The van der Waals surface area contributed by atoms with E-state index in [0.29, 0.717) is 0 Å². The second kappa shape index (κ2) is 6.99. The molecular weight excluding hydrogens is 380 g/mol. The predicted octanol–water partition coefficient (Wildman–Crippen LogP) is -1.55. The molecule has 0 spiro atoms. The van der Waals surface area contributed by atoms with E-state index in [2.05, 4.69) is 9.17 Å². The van der Waals surface area contributed by atoms with Gasteiger partial charge in [-0.05, 0) is 6.92 Å². The van der Waals surface area contributed by atoms with Gasteiger partial charge < -0.3 is 4.74 Å². The number of hydrogen-bond donors (Lipinski definition) is 1. The summed E-state index contributed by atoms with van der Waals surface area (Å²) < 4.78 is 61.2. The van der Waals surface area contributed by atoms with E-state index in [-0.39, 0.29) is 12.0 Å². The van der Waals surface area contributed by atoms with Crippen molar-refractivity contribution in [2.45, 2.75) is 31.8 Å². The summed E-state index contributed by atoms with van der Waals surface area (Å²) in [5.41, 5.74) is -1.05. The lowest BCUT2D eigenvalue weighted by atomic mass is 10.2. The molecule has 1 aliphatic heterocycles. The fourth-order valence-corrected chi connectivity index (χ4v) is 3.37. The molecule has 0 bridgehead atoms. The van der Waals surface area contributed by atoms with E-state index >= 15 is 0 Å². The molecule has 13 heteroatoms. The Morgan fingerprint density at radius 2 is 1.88 bits per heavy atom. The topological polar surface area (TPSA) is 151 Å². The van der Waals surface area contributed by atoms with Crippen molar-refractivity contribution >= 4 is 20.2 Å². The minimum Gasteiger partial charge on any atom is -0.349 e. The minimum absolute atomic E-state index is 0.0593. The number of hydrogen-bond acceptors (Lipinski definition) is 9. The van der Waals surface area contributed by atoms with Gasteiger partial charge in [0.25, 0.3) is 25.8 Å². The molecule has 2 rings (SSSR count). The van der Waals surface area contributed by atoms with Gasteiger partial charge in [-0.2, -0.15) is 16.8 Å². The molecule has 2 heterocycles. The first-order valence-corrected chi connectivity index (χ1v) is 10.7. The number of H-pyrrole nitrogens is 1. The van der Waals surface area contributed by atoms with Gasteiger partial charge in [0.2, 0.25) is 0 Å². The van der Waals surface area contributed by atoms with Crippen LogP contribution in [0.5, 0.6) is 0 Å². The van der Waals surface area contributed by atoms with Crippen molar-refractivity contribution in [3.05, 3.63) is 32.6 Å². The first-order chi connectivity index (χ1) is 11.4. The maximum absolute atomic E-state index is 11.9. The number of aryl methyl sites for hydroxylation is 1. The lowest BCUT2D eigenvalue weighted by Gasteiger charge is -2.17. The van der Waals surface area contributed by atoms with Crippen LogP contribution in [0.2, 0.25) is 0 Å². The molecule has 0 saturated carbocycles. The summed E-state index contributed by atoms with van der Waals surface area (Å²) >= 11 is 0. The number of rotatable bonds is 6. The zero-order valence-electron chi connectivity index (χ0n) is 13.7. The second-order valence-corrected chi connectivity index (χ2v) is 8.92. The van der Waals surface area contributed by atoms with Crippen molar-refractivity contribution in [2.24, 2.45) is 0 Å². The Labute approximate surface area is 143 Å². The van der Waals surface area contributed by atoms with Crippen molar-refractivity contribution in [1.82, 2.24) is 9.55 Å². The van der Waals surface area contributed by atoms with Gasteiger partial charge in [-0.15, -0.1) is 0 Å². The van der Waals surface area contributed by atoms with Crippen LogP contribution in [0, 0.1) is 6.92 Å². The van der Waals surface area contributed by atoms with Gasteiger partial charge in [-0.3, -0.25) is 22.7 Å². The van der Waals surface area contributed by atoms with Crippen LogP contribution >= 0.6 is 0 Å². The van der Waals surface area contributed by atoms with Crippen LogP contribution in [0.25, 0.3) is 0 Å². The highest BCUT2D eigenvalue weighted by atomic mass is 32.2. The molecule has 1 saturated heterocycles. The van der Waals surface area contributed by atoms with Gasteiger partial charge in [0.1, 0.15) is 18.4 Å². The van der Waals surface area contributed by atoms with E-state index in [9.17, 15) is 26.4 Å². The molecule has 11 nitrogen and oxygen atoms in total. The summed E-state index contributed by atoms with van der Waals surface area (Å²) in [7, 11) is -7.64. The molecule has 0 amide bonds. The average Bonchev–Trinajstić information content (AvgIpc) is 2.80. The van der Waals surface area contributed by atoms with E-state index in [0.717, 1.165) is 17.1 Å². The zero-order chi connectivity index (χ0) is 19.0. The highest BCUT2D eigenvalue weighted by Gasteiger charge is 2.40. The molecular formula is C12H18N2O9S2. The van der Waals surface area contributed by atoms with Crippen molar-refractivity contribution in [3.63, 3.8) is 0 Å². The van der Waals surface area contributed by atoms with Gasteiger partial charge >= 0.3 is 5.69 Å². The van der Waals surface area contributed by atoms with Gasteiger partial charge in [0.05, 0.1) is 19.1 Å². The van der Waals surface area contributed by atoms with Crippen molar-refractivity contribution in [1.29, 1.82) is 0 Å². The Hall–Kier alpha value is -1.54. The predicted molar refractivity (Wildman–Crippen MR) is 85.1 cm³/mol. The molecule has 0 aromatic carbocycles. The van der Waals surface area contributed by atoms with E-state index in [1.807, 2.05) is 0 Å². The van der Waals surface area contributed by atoms with Crippen LogP contribution < -0.4 is 11.2 Å². The van der Waals surface area contributed by atoms with Crippen LogP contribution in [-0.2, 0) is 33.3 Å². The van der Waals surface area contributed by atoms with Gasteiger partial charge in [-0.25, -0.2) is 4.79 Å². The van der Waals surface area contributed by atoms with Crippen LogP contribution in [0.1, 0.15) is 18.2 Å².